The maximum absolute atomic E-state index is 5.16. The molecule has 0 aromatic heterocycles. The molecular weight excluding hydrogens is 484 g/mol. The number of aliphatic imine (C=N–C) groups is 1. The molecule has 1 N–H and O–H groups in total. The molecule has 0 amide bonds. The summed E-state index contributed by atoms with van der Waals surface area (Å²) in [6, 6.07) is 11.1. The molecule has 1 aromatic carbocycles. The first kappa shape index (κ1) is 28.3. The van der Waals surface area contributed by atoms with Crippen molar-refractivity contribution >= 4 is 5.71 Å². The summed E-state index contributed by atoms with van der Waals surface area (Å²) < 4.78 is 0. The Balaban J connectivity index is 1.25. The largest absolute Gasteiger partial charge is 0.288 e. The molecule has 0 bridgehead atoms. The third kappa shape index (κ3) is 6.73. The Hall–Kier alpha value is -3.23. The molecule has 3 aliphatic carbocycles. The fraction of sp³-hybridized carbons (Fsp3) is 0.395. The predicted molar refractivity (Wildman–Crippen MR) is 172 cm³/mol. The summed E-state index contributed by atoms with van der Waals surface area (Å²) in [5, 5.41) is 3.80. The molecule has 3 unspecified atom stereocenters. The first-order valence-corrected chi connectivity index (χ1v) is 15.3. The van der Waals surface area contributed by atoms with Crippen LogP contribution in [0.4, 0.5) is 0 Å². The van der Waals surface area contributed by atoms with E-state index in [1.54, 1.807) is 0 Å². The molecule has 4 aliphatic rings. The summed E-state index contributed by atoms with van der Waals surface area (Å²) >= 11 is 0. The number of fused-ring (bicyclic) bond motifs is 1. The van der Waals surface area contributed by atoms with E-state index in [9.17, 15) is 0 Å². The van der Waals surface area contributed by atoms with Gasteiger partial charge in [-0.3, -0.25) is 10.3 Å². The number of rotatable bonds is 9. The van der Waals surface area contributed by atoms with E-state index in [4.69, 9.17) is 4.99 Å². The smallest absolute Gasteiger partial charge is 0.104 e. The molecule has 0 saturated heterocycles. The normalized spacial score (nSPS) is 28.0. The van der Waals surface area contributed by atoms with Crippen molar-refractivity contribution in [2.45, 2.75) is 77.9 Å². The fourth-order valence-electron chi connectivity index (χ4n) is 6.76. The van der Waals surface area contributed by atoms with E-state index in [0.29, 0.717) is 17.9 Å². The SMILES string of the molecule is C=C(/C=C\C1=CC(C)(C)[C@@H]2C=CCCC12)/C(=C/C=C\CC1N=C(C2=CC=CCC2)CC(c2ccccc2)N1)CC. The Kier molecular flexibility index (Phi) is 9.17. The molecule has 0 spiro atoms. The molecule has 2 heteroatoms. The van der Waals surface area contributed by atoms with Crippen molar-refractivity contribution in [3.05, 3.63) is 132 Å². The molecule has 4 atom stereocenters. The number of allylic oxidation sites excluding steroid dienone is 14. The second-order valence-electron chi connectivity index (χ2n) is 12.3. The first-order chi connectivity index (χ1) is 19.4. The van der Waals surface area contributed by atoms with E-state index in [0.717, 1.165) is 37.7 Å². The van der Waals surface area contributed by atoms with Gasteiger partial charge in [0.1, 0.15) is 6.17 Å². The van der Waals surface area contributed by atoms with Gasteiger partial charge in [0.25, 0.3) is 0 Å². The van der Waals surface area contributed by atoms with Gasteiger partial charge >= 0.3 is 0 Å². The van der Waals surface area contributed by atoms with Crippen LogP contribution in [0.25, 0.3) is 0 Å². The number of nitrogens with zero attached hydrogens (tertiary/aromatic N) is 1. The van der Waals surface area contributed by atoms with Crippen LogP contribution in [-0.4, -0.2) is 11.9 Å². The van der Waals surface area contributed by atoms with Crippen LogP contribution in [0.5, 0.6) is 0 Å². The lowest BCUT2D eigenvalue weighted by atomic mass is 9.73. The highest BCUT2D eigenvalue weighted by Crippen LogP contribution is 2.50. The van der Waals surface area contributed by atoms with Crippen LogP contribution >= 0.6 is 0 Å². The minimum atomic E-state index is 0.0775. The Morgan fingerprint density at radius 3 is 2.77 bits per heavy atom. The van der Waals surface area contributed by atoms with E-state index in [1.807, 2.05) is 0 Å². The second-order valence-corrected chi connectivity index (χ2v) is 12.3. The van der Waals surface area contributed by atoms with Crippen LogP contribution in [0, 0.1) is 17.3 Å². The zero-order valence-corrected chi connectivity index (χ0v) is 24.7. The zero-order chi connectivity index (χ0) is 28.0. The van der Waals surface area contributed by atoms with Crippen LogP contribution in [-0.2, 0) is 0 Å². The molecule has 5 rings (SSSR count). The van der Waals surface area contributed by atoms with Crippen molar-refractivity contribution in [2.24, 2.45) is 22.2 Å². The van der Waals surface area contributed by atoms with Crippen LogP contribution in [0.15, 0.2) is 131 Å². The standard InChI is InChI=1S/C38H46N2/c1-5-29(28(2)24-25-32-27-38(3,4)34-22-14-13-21-33(32)34)16-12-15-23-37-39-35(30-17-8-6-9-18-30)26-36(40-37)31-19-10-7-11-20-31/h6-10,12,14-19,22,24-25,27,33-35,37,39H,2,5,11,13,20-21,23,26H2,1,3-4H3/b15-12-,25-24-,29-16+/t33?,34-,35?,37?/m1/s1. The predicted octanol–water partition coefficient (Wildman–Crippen LogP) is 9.71. The summed E-state index contributed by atoms with van der Waals surface area (Å²) in [6.07, 6.45) is 32.8. The van der Waals surface area contributed by atoms with E-state index < -0.39 is 0 Å². The van der Waals surface area contributed by atoms with Gasteiger partial charge in [-0.25, -0.2) is 0 Å². The quantitative estimate of drug-likeness (QED) is 0.249. The number of hydrogen-bond acceptors (Lipinski definition) is 2. The van der Waals surface area contributed by atoms with Crippen LogP contribution in [0.2, 0.25) is 0 Å². The van der Waals surface area contributed by atoms with Crippen molar-refractivity contribution < 1.29 is 0 Å². The average molecular weight is 531 g/mol. The third-order valence-corrected chi connectivity index (χ3v) is 9.00. The van der Waals surface area contributed by atoms with Gasteiger partial charge in [0.15, 0.2) is 0 Å². The highest BCUT2D eigenvalue weighted by atomic mass is 15.1. The monoisotopic (exact) mass is 530 g/mol. The van der Waals surface area contributed by atoms with Crippen molar-refractivity contribution in [1.82, 2.24) is 5.32 Å². The summed E-state index contributed by atoms with van der Waals surface area (Å²) in [6.45, 7) is 11.4. The lowest BCUT2D eigenvalue weighted by molar-refractivity contribution is 0.284. The van der Waals surface area contributed by atoms with Crippen molar-refractivity contribution in [1.29, 1.82) is 0 Å². The number of nitrogens with one attached hydrogen (secondary N) is 1. The molecule has 208 valence electrons. The highest BCUT2D eigenvalue weighted by Gasteiger charge is 2.40. The number of hydrogen-bond donors (Lipinski definition) is 1. The van der Waals surface area contributed by atoms with Crippen LogP contribution < -0.4 is 5.32 Å². The lowest BCUT2D eigenvalue weighted by Gasteiger charge is -2.31. The van der Waals surface area contributed by atoms with E-state index in [1.165, 1.54) is 40.8 Å². The van der Waals surface area contributed by atoms with Gasteiger partial charge in [-0.05, 0) is 77.2 Å². The Bertz CT molecular complexity index is 1310. The fourth-order valence-corrected chi connectivity index (χ4v) is 6.76. The Morgan fingerprint density at radius 2 is 2.00 bits per heavy atom. The Morgan fingerprint density at radius 1 is 1.15 bits per heavy atom. The molecule has 1 aromatic rings. The molecule has 1 heterocycles. The van der Waals surface area contributed by atoms with Crippen molar-refractivity contribution in [2.75, 3.05) is 0 Å². The van der Waals surface area contributed by atoms with E-state index in [-0.39, 0.29) is 11.6 Å². The molecule has 1 aliphatic heterocycles. The van der Waals surface area contributed by atoms with Crippen LogP contribution in [0.1, 0.15) is 77.3 Å². The van der Waals surface area contributed by atoms with E-state index >= 15 is 0 Å². The molecule has 0 fully saturated rings. The van der Waals surface area contributed by atoms with Gasteiger partial charge in [-0.15, -0.1) is 0 Å². The summed E-state index contributed by atoms with van der Waals surface area (Å²) in [4.78, 5) is 5.16. The molecular formula is C38H46N2. The summed E-state index contributed by atoms with van der Waals surface area (Å²) in [7, 11) is 0. The minimum absolute atomic E-state index is 0.0775. The second kappa shape index (κ2) is 13.0. The van der Waals surface area contributed by atoms with Crippen molar-refractivity contribution in [3.63, 3.8) is 0 Å². The highest BCUT2D eigenvalue weighted by molar-refractivity contribution is 6.01. The zero-order valence-electron chi connectivity index (χ0n) is 24.7. The van der Waals surface area contributed by atoms with Gasteiger partial charge in [-0.1, -0.05) is 125 Å². The molecule has 0 radical (unpaired) electrons. The topological polar surface area (TPSA) is 24.4 Å². The third-order valence-electron chi connectivity index (χ3n) is 9.00. The maximum Gasteiger partial charge on any atom is 0.104 e. The lowest BCUT2D eigenvalue weighted by Crippen LogP contribution is -2.38. The summed E-state index contributed by atoms with van der Waals surface area (Å²) in [5.74, 6) is 1.27. The molecule has 2 nitrogen and oxygen atoms in total. The van der Waals surface area contributed by atoms with Gasteiger partial charge in [0.2, 0.25) is 0 Å². The van der Waals surface area contributed by atoms with Crippen LogP contribution in [0.3, 0.4) is 0 Å². The number of benzene rings is 1. The molecule has 40 heavy (non-hydrogen) atoms. The average Bonchev–Trinajstić information content (AvgIpc) is 3.26. The minimum Gasteiger partial charge on any atom is -0.288 e. The first-order valence-electron chi connectivity index (χ1n) is 15.3. The van der Waals surface area contributed by atoms with Gasteiger partial charge in [-0.2, -0.15) is 0 Å². The van der Waals surface area contributed by atoms with Crippen molar-refractivity contribution in [3.8, 4) is 0 Å². The Labute approximate surface area is 242 Å². The van der Waals surface area contributed by atoms with Gasteiger partial charge in [0, 0.05) is 24.6 Å². The van der Waals surface area contributed by atoms with Gasteiger partial charge < -0.3 is 0 Å². The van der Waals surface area contributed by atoms with Gasteiger partial charge in [0.05, 0.1) is 0 Å². The van der Waals surface area contributed by atoms with E-state index in [2.05, 4.69) is 130 Å². The molecule has 0 saturated carbocycles. The summed E-state index contributed by atoms with van der Waals surface area (Å²) in [5.41, 5.74) is 8.10. The maximum atomic E-state index is 5.16.